The van der Waals surface area contributed by atoms with Crippen LogP contribution in [0.5, 0.6) is 0 Å². The Kier molecular flexibility index (Phi) is 4.04. The van der Waals surface area contributed by atoms with E-state index < -0.39 is 10.0 Å². The van der Waals surface area contributed by atoms with Crippen molar-refractivity contribution in [2.24, 2.45) is 11.7 Å². The SMILES string of the molecule is CC(CN)CNS(=O)(=O)c1ccc2c(c1)CCC2. The van der Waals surface area contributed by atoms with Gasteiger partial charge in [0.1, 0.15) is 0 Å². The van der Waals surface area contributed by atoms with Crippen molar-refractivity contribution in [1.29, 1.82) is 0 Å². The van der Waals surface area contributed by atoms with Gasteiger partial charge in [-0.1, -0.05) is 13.0 Å². The van der Waals surface area contributed by atoms with Crippen LogP contribution >= 0.6 is 0 Å². The minimum atomic E-state index is -3.39. The average molecular weight is 268 g/mol. The van der Waals surface area contributed by atoms with Crippen molar-refractivity contribution in [3.05, 3.63) is 29.3 Å². The van der Waals surface area contributed by atoms with Crippen LogP contribution < -0.4 is 10.5 Å². The summed E-state index contributed by atoms with van der Waals surface area (Å²) < 4.78 is 26.8. The van der Waals surface area contributed by atoms with Gasteiger partial charge in [-0.3, -0.25) is 0 Å². The number of hydrogen-bond acceptors (Lipinski definition) is 3. The quantitative estimate of drug-likeness (QED) is 0.838. The van der Waals surface area contributed by atoms with Gasteiger partial charge in [-0.2, -0.15) is 0 Å². The minimum Gasteiger partial charge on any atom is -0.330 e. The highest BCUT2D eigenvalue weighted by atomic mass is 32.2. The Bertz CT molecular complexity index is 526. The van der Waals surface area contributed by atoms with E-state index in [0.717, 1.165) is 19.3 Å². The predicted octanol–water partition coefficient (Wildman–Crippen LogP) is 1.05. The van der Waals surface area contributed by atoms with Crippen molar-refractivity contribution in [2.45, 2.75) is 31.1 Å². The molecule has 0 saturated carbocycles. The molecule has 1 aliphatic carbocycles. The molecule has 0 fully saturated rings. The third kappa shape index (κ3) is 2.91. The summed E-state index contributed by atoms with van der Waals surface area (Å²) in [6, 6.07) is 5.43. The zero-order chi connectivity index (χ0) is 13.2. The fourth-order valence-corrected chi connectivity index (χ4v) is 3.35. The number of aryl methyl sites for hydroxylation is 2. The van der Waals surface area contributed by atoms with Gasteiger partial charge in [0.25, 0.3) is 0 Å². The lowest BCUT2D eigenvalue weighted by atomic mass is 10.1. The fourth-order valence-electron chi connectivity index (χ4n) is 2.13. The molecule has 1 unspecified atom stereocenters. The molecule has 1 aromatic rings. The van der Waals surface area contributed by atoms with Crippen molar-refractivity contribution < 1.29 is 8.42 Å². The molecule has 2 rings (SSSR count). The summed E-state index contributed by atoms with van der Waals surface area (Å²) in [5.41, 5.74) is 7.93. The molecule has 0 aromatic heterocycles. The average Bonchev–Trinajstić information content (AvgIpc) is 2.83. The molecular formula is C13H20N2O2S. The zero-order valence-corrected chi connectivity index (χ0v) is 11.5. The fraction of sp³-hybridized carbons (Fsp3) is 0.538. The normalized spacial score (nSPS) is 16.6. The van der Waals surface area contributed by atoms with Gasteiger partial charge in [0.2, 0.25) is 10.0 Å². The highest BCUT2D eigenvalue weighted by Gasteiger charge is 2.18. The topological polar surface area (TPSA) is 72.2 Å². The van der Waals surface area contributed by atoms with Gasteiger partial charge < -0.3 is 5.73 Å². The van der Waals surface area contributed by atoms with E-state index in [-0.39, 0.29) is 5.92 Å². The van der Waals surface area contributed by atoms with Crippen molar-refractivity contribution in [3.63, 3.8) is 0 Å². The lowest BCUT2D eigenvalue weighted by Gasteiger charge is -2.11. The minimum absolute atomic E-state index is 0.147. The van der Waals surface area contributed by atoms with E-state index >= 15 is 0 Å². The van der Waals surface area contributed by atoms with Crippen LogP contribution in [0, 0.1) is 5.92 Å². The molecule has 1 atom stereocenters. The van der Waals surface area contributed by atoms with Crippen LogP contribution in [0.25, 0.3) is 0 Å². The standard InChI is InChI=1S/C13H20N2O2S/c1-10(8-14)9-15-18(16,17)13-6-5-11-3-2-4-12(11)7-13/h5-7,10,15H,2-4,8-9,14H2,1H3. The lowest BCUT2D eigenvalue weighted by Crippen LogP contribution is -2.31. The highest BCUT2D eigenvalue weighted by Crippen LogP contribution is 2.24. The molecular weight excluding hydrogens is 248 g/mol. The van der Waals surface area contributed by atoms with Crippen LogP contribution in [0.15, 0.2) is 23.1 Å². The maximum Gasteiger partial charge on any atom is 0.240 e. The van der Waals surface area contributed by atoms with Crippen molar-refractivity contribution in [2.75, 3.05) is 13.1 Å². The molecule has 5 heteroatoms. The molecule has 0 amide bonds. The third-order valence-corrected chi connectivity index (χ3v) is 4.83. The Morgan fingerprint density at radius 2 is 2.06 bits per heavy atom. The molecule has 18 heavy (non-hydrogen) atoms. The lowest BCUT2D eigenvalue weighted by molar-refractivity contribution is 0.545. The molecule has 0 bridgehead atoms. The van der Waals surface area contributed by atoms with E-state index in [1.165, 1.54) is 11.1 Å². The van der Waals surface area contributed by atoms with E-state index in [4.69, 9.17) is 5.73 Å². The molecule has 0 heterocycles. The first-order chi connectivity index (χ1) is 8.53. The summed E-state index contributed by atoms with van der Waals surface area (Å²) in [6.07, 6.45) is 3.17. The Hall–Kier alpha value is -0.910. The Balaban J connectivity index is 2.15. The number of rotatable bonds is 5. The smallest absolute Gasteiger partial charge is 0.240 e. The van der Waals surface area contributed by atoms with Gasteiger partial charge in [-0.05, 0) is 55.0 Å². The highest BCUT2D eigenvalue weighted by molar-refractivity contribution is 7.89. The molecule has 0 saturated heterocycles. The largest absolute Gasteiger partial charge is 0.330 e. The van der Waals surface area contributed by atoms with Crippen LogP contribution in [0.4, 0.5) is 0 Å². The second-order valence-corrected chi connectivity index (χ2v) is 6.74. The van der Waals surface area contributed by atoms with E-state index in [0.29, 0.717) is 18.0 Å². The van der Waals surface area contributed by atoms with Crippen LogP contribution in [-0.2, 0) is 22.9 Å². The first-order valence-electron chi connectivity index (χ1n) is 6.34. The first kappa shape index (κ1) is 13.5. The summed E-state index contributed by atoms with van der Waals surface area (Å²) in [7, 11) is -3.39. The third-order valence-electron chi connectivity index (χ3n) is 3.40. The molecule has 1 aromatic carbocycles. The first-order valence-corrected chi connectivity index (χ1v) is 7.83. The molecule has 0 aliphatic heterocycles. The molecule has 4 nitrogen and oxygen atoms in total. The van der Waals surface area contributed by atoms with E-state index in [1.54, 1.807) is 12.1 Å². The van der Waals surface area contributed by atoms with E-state index in [2.05, 4.69) is 4.72 Å². The van der Waals surface area contributed by atoms with Crippen molar-refractivity contribution >= 4 is 10.0 Å². The summed E-state index contributed by atoms with van der Waals surface area (Å²) in [5, 5.41) is 0. The van der Waals surface area contributed by atoms with Crippen molar-refractivity contribution in [1.82, 2.24) is 4.72 Å². The van der Waals surface area contributed by atoms with Gasteiger partial charge in [-0.25, -0.2) is 13.1 Å². The molecule has 3 N–H and O–H groups in total. The molecule has 0 spiro atoms. The van der Waals surface area contributed by atoms with Gasteiger partial charge >= 0.3 is 0 Å². The van der Waals surface area contributed by atoms with Gasteiger partial charge in [0.05, 0.1) is 4.90 Å². The number of hydrogen-bond donors (Lipinski definition) is 2. The summed E-state index contributed by atoms with van der Waals surface area (Å²) in [4.78, 5) is 0.368. The van der Waals surface area contributed by atoms with Crippen LogP contribution in [0.1, 0.15) is 24.5 Å². The molecule has 0 radical (unpaired) electrons. The molecule has 1 aliphatic rings. The van der Waals surface area contributed by atoms with Crippen LogP contribution in [0.3, 0.4) is 0 Å². The summed E-state index contributed by atoms with van der Waals surface area (Å²) in [6.45, 7) is 2.79. The Morgan fingerprint density at radius 3 is 2.78 bits per heavy atom. The Labute approximate surface area is 109 Å². The van der Waals surface area contributed by atoms with E-state index in [1.807, 2.05) is 13.0 Å². The summed E-state index contributed by atoms with van der Waals surface area (Å²) >= 11 is 0. The number of fused-ring (bicyclic) bond motifs is 1. The number of nitrogens with one attached hydrogen (secondary N) is 1. The van der Waals surface area contributed by atoms with Gasteiger partial charge in [0.15, 0.2) is 0 Å². The maximum atomic E-state index is 12.1. The second kappa shape index (κ2) is 5.38. The summed E-state index contributed by atoms with van der Waals surface area (Å²) in [5.74, 6) is 0.147. The second-order valence-electron chi connectivity index (χ2n) is 4.98. The zero-order valence-electron chi connectivity index (χ0n) is 10.6. The predicted molar refractivity (Wildman–Crippen MR) is 71.9 cm³/mol. The van der Waals surface area contributed by atoms with Crippen molar-refractivity contribution in [3.8, 4) is 0 Å². The monoisotopic (exact) mass is 268 g/mol. The van der Waals surface area contributed by atoms with Gasteiger partial charge in [0, 0.05) is 6.54 Å². The van der Waals surface area contributed by atoms with Crippen LogP contribution in [-0.4, -0.2) is 21.5 Å². The maximum absolute atomic E-state index is 12.1. The van der Waals surface area contributed by atoms with Gasteiger partial charge in [-0.15, -0.1) is 0 Å². The number of nitrogens with two attached hydrogens (primary N) is 1. The number of sulfonamides is 1. The Morgan fingerprint density at radius 1 is 1.33 bits per heavy atom. The van der Waals surface area contributed by atoms with Crippen LogP contribution in [0.2, 0.25) is 0 Å². The molecule has 100 valence electrons. The van der Waals surface area contributed by atoms with E-state index in [9.17, 15) is 8.42 Å². The number of benzene rings is 1.